The molecule has 37 heavy (non-hydrogen) atoms. The predicted octanol–water partition coefficient (Wildman–Crippen LogP) is 2.91. The maximum Gasteiger partial charge on any atom is 0.404 e. The van der Waals surface area contributed by atoms with Crippen LogP contribution in [0.15, 0.2) is 18.2 Å². The Morgan fingerprint density at radius 3 is 2.46 bits per heavy atom. The van der Waals surface area contributed by atoms with Gasteiger partial charge in [0.15, 0.2) is 5.75 Å². The molecule has 0 spiro atoms. The number of hydrogen-bond acceptors (Lipinski definition) is 6. The van der Waals surface area contributed by atoms with Crippen molar-refractivity contribution in [3.8, 4) is 5.75 Å². The molecule has 1 aromatic rings. The van der Waals surface area contributed by atoms with Crippen LogP contribution in [-0.4, -0.2) is 94.1 Å². The van der Waals surface area contributed by atoms with Gasteiger partial charge in [0.1, 0.15) is 12.4 Å². The number of nitrogens with zero attached hydrogens (tertiary/aromatic N) is 2. The summed E-state index contributed by atoms with van der Waals surface area (Å²) in [5, 5.41) is 2.85. The van der Waals surface area contributed by atoms with Gasteiger partial charge in [0, 0.05) is 45.3 Å². The van der Waals surface area contributed by atoms with Gasteiger partial charge >= 0.3 is 12.2 Å². The number of benzene rings is 1. The number of likely N-dealkylation sites (N-methyl/N-ethyl adjacent to an activating group) is 1. The third-order valence-electron chi connectivity index (χ3n) is 5.75. The Hall–Kier alpha value is -2.74. The lowest BCUT2D eigenvalue weighted by molar-refractivity contribution is -0.106. The minimum atomic E-state index is -4.93. The molecule has 1 aromatic carbocycles. The first-order chi connectivity index (χ1) is 17.0. The van der Waals surface area contributed by atoms with Crippen molar-refractivity contribution in [1.82, 2.24) is 15.1 Å². The summed E-state index contributed by atoms with van der Waals surface area (Å²) in [6.07, 6.45) is -5.34. The molecule has 10 nitrogen and oxygen atoms in total. The van der Waals surface area contributed by atoms with Gasteiger partial charge in [0.2, 0.25) is 10.0 Å². The van der Waals surface area contributed by atoms with E-state index >= 15 is 0 Å². The molecule has 14 heteroatoms. The molecule has 210 valence electrons. The molecule has 1 heterocycles. The van der Waals surface area contributed by atoms with Gasteiger partial charge in [-0.05, 0) is 32.9 Å². The molecule has 0 aliphatic carbocycles. The maximum atomic E-state index is 13.2. The van der Waals surface area contributed by atoms with Gasteiger partial charge in [-0.15, -0.1) is 0 Å². The predicted molar refractivity (Wildman–Crippen MR) is 132 cm³/mol. The van der Waals surface area contributed by atoms with Gasteiger partial charge in [-0.25, -0.2) is 13.2 Å². The van der Waals surface area contributed by atoms with Crippen molar-refractivity contribution in [1.29, 1.82) is 0 Å². The largest absolute Gasteiger partial charge is 0.491 e. The Kier molecular flexibility index (Phi) is 10.1. The number of sulfonamides is 1. The van der Waals surface area contributed by atoms with E-state index in [9.17, 15) is 31.2 Å². The van der Waals surface area contributed by atoms with E-state index in [2.05, 4.69) is 5.32 Å². The number of fused-ring (bicyclic) bond motifs is 1. The number of hydrogen-bond donors (Lipinski definition) is 2. The molecule has 0 saturated carbocycles. The highest BCUT2D eigenvalue weighted by Gasteiger charge is 2.35. The first-order valence-electron chi connectivity index (χ1n) is 11.7. The molecule has 3 amide bonds. The van der Waals surface area contributed by atoms with E-state index in [1.54, 1.807) is 18.9 Å². The molecule has 0 fully saturated rings. The van der Waals surface area contributed by atoms with E-state index in [-0.39, 0.29) is 48.1 Å². The second-order valence-corrected chi connectivity index (χ2v) is 11.3. The fraction of sp³-hybridized carbons (Fsp3) is 0.652. The molecule has 0 saturated heterocycles. The van der Waals surface area contributed by atoms with Crippen LogP contribution in [0.5, 0.6) is 5.75 Å². The van der Waals surface area contributed by atoms with Crippen LogP contribution in [0.25, 0.3) is 0 Å². The summed E-state index contributed by atoms with van der Waals surface area (Å²) in [6.45, 7) is 7.74. The van der Waals surface area contributed by atoms with Crippen LogP contribution in [0, 0.1) is 5.92 Å². The van der Waals surface area contributed by atoms with E-state index in [1.807, 2.05) is 25.5 Å². The minimum absolute atomic E-state index is 0.0392. The zero-order chi connectivity index (χ0) is 28.1. The second kappa shape index (κ2) is 12.2. The average Bonchev–Trinajstić information content (AvgIpc) is 2.75. The lowest BCUT2D eigenvalue weighted by Gasteiger charge is -2.36. The van der Waals surface area contributed by atoms with Crippen LogP contribution in [0.4, 0.5) is 23.7 Å². The van der Waals surface area contributed by atoms with Crippen molar-refractivity contribution in [2.24, 2.45) is 5.92 Å². The molecule has 0 radical (unpaired) electrons. The fourth-order valence-electron chi connectivity index (χ4n) is 3.88. The number of rotatable bonds is 5. The van der Waals surface area contributed by atoms with E-state index in [4.69, 9.17) is 9.47 Å². The summed E-state index contributed by atoms with van der Waals surface area (Å²) in [7, 11) is -1.67. The monoisotopic (exact) mass is 552 g/mol. The number of carbonyl (C=O) groups excluding carboxylic acids is 2. The quantitative estimate of drug-likeness (QED) is 0.580. The highest BCUT2D eigenvalue weighted by Crippen LogP contribution is 2.28. The van der Waals surface area contributed by atoms with Crippen molar-refractivity contribution in [3.63, 3.8) is 0 Å². The minimum Gasteiger partial charge on any atom is -0.491 e. The number of methoxy groups -OCH3 is 1. The van der Waals surface area contributed by atoms with E-state index in [0.29, 0.717) is 6.54 Å². The SMILES string of the molecule is CO[C@@H]1CN(C)C(=O)c2ccc(NS(=O)(=O)CC(F)(F)F)cc2OC[C@H](C)N(C(=O)NC(C)C)C[C@@H]1C. The summed E-state index contributed by atoms with van der Waals surface area (Å²) in [5.74, 6) is -2.70. The van der Waals surface area contributed by atoms with Crippen molar-refractivity contribution < 1.29 is 40.7 Å². The first kappa shape index (κ1) is 30.5. The lowest BCUT2D eigenvalue weighted by Crippen LogP contribution is -2.52. The number of anilines is 1. The van der Waals surface area contributed by atoms with Gasteiger partial charge in [0.05, 0.1) is 23.4 Å². The lowest BCUT2D eigenvalue weighted by atomic mass is 10.0. The van der Waals surface area contributed by atoms with Gasteiger partial charge in [0.25, 0.3) is 5.91 Å². The third-order valence-corrected chi connectivity index (χ3v) is 7.00. The number of halogens is 3. The van der Waals surface area contributed by atoms with Gasteiger partial charge in [-0.2, -0.15) is 13.2 Å². The summed E-state index contributed by atoms with van der Waals surface area (Å²) in [5.41, 5.74) is -0.120. The summed E-state index contributed by atoms with van der Waals surface area (Å²) < 4.78 is 75.2. The molecule has 0 unspecified atom stereocenters. The van der Waals surface area contributed by atoms with E-state index < -0.39 is 40.0 Å². The zero-order valence-electron chi connectivity index (χ0n) is 21.8. The zero-order valence-corrected chi connectivity index (χ0v) is 22.6. The van der Waals surface area contributed by atoms with Crippen LogP contribution >= 0.6 is 0 Å². The Morgan fingerprint density at radius 2 is 1.89 bits per heavy atom. The molecule has 2 rings (SSSR count). The average molecular weight is 553 g/mol. The molecule has 0 aromatic heterocycles. The van der Waals surface area contributed by atoms with Crippen molar-refractivity contribution in [3.05, 3.63) is 23.8 Å². The number of alkyl halides is 3. The van der Waals surface area contributed by atoms with Gasteiger partial charge < -0.3 is 24.6 Å². The normalized spacial score (nSPS) is 22.0. The standard InChI is InChI=1S/C23H35F3N4O6S/c1-14(2)27-22(32)30-10-15(3)20(35-6)11-29(5)21(31)18-8-7-17(9-19(18)36-12-16(30)4)28-37(33,34)13-23(24,25)26/h7-9,14-16,20,28H,10-13H2,1-6H3,(H,27,32)/t15-,16-,20+/m0/s1. The summed E-state index contributed by atoms with van der Waals surface area (Å²) >= 11 is 0. The molecular weight excluding hydrogens is 517 g/mol. The number of urea groups is 1. The Bertz CT molecular complexity index is 1070. The molecule has 2 N–H and O–H groups in total. The van der Waals surface area contributed by atoms with Crippen LogP contribution < -0.4 is 14.8 Å². The molecule has 0 bridgehead atoms. The van der Waals surface area contributed by atoms with E-state index in [0.717, 1.165) is 6.07 Å². The number of carbonyl (C=O) groups is 2. The second-order valence-electron chi connectivity index (χ2n) is 9.54. The Balaban J connectivity index is 2.46. The van der Waals surface area contributed by atoms with Crippen LogP contribution in [0.3, 0.4) is 0 Å². The number of ether oxygens (including phenoxy) is 2. The number of amides is 3. The third kappa shape index (κ3) is 8.95. The maximum absolute atomic E-state index is 13.2. The molecule has 1 aliphatic rings. The summed E-state index contributed by atoms with van der Waals surface area (Å²) in [4.78, 5) is 29.2. The topological polar surface area (TPSA) is 117 Å². The molecular formula is C23H35F3N4O6S. The fourth-order valence-corrected chi connectivity index (χ4v) is 4.87. The Morgan fingerprint density at radius 1 is 1.24 bits per heavy atom. The smallest absolute Gasteiger partial charge is 0.404 e. The van der Waals surface area contributed by atoms with E-state index in [1.165, 1.54) is 24.1 Å². The highest BCUT2D eigenvalue weighted by atomic mass is 32.2. The Labute approximate surface area is 215 Å². The molecule has 1 aliphatic heterocycles. The molecule has 3 atom stereocenters. The van der Waals surface area contributed by atoms with Crippen LogP contribution in [0.1, 0.15) is 38.1 Å². The van der Waals surface area contributed by atoms with Crippen molar-refractivity contribution >= 4 is 27.6 Å². The van der Waals surface area contributed by atoms with Gasteiger partial charge in [-0.3, -0.25) is 9.52 Å². The van der Waals surface area contributed by atoms with Crippen LogP contribution in [-0.2, 0) is 14.8 Å². The van der Waals surface area contributed by atoms with Gasteiger partial charge in [-0.1, -0.05) is 6.92 Å². The number of nitrogens with one attached hydrogen (secondary N) is 2. The first-order valence-corrected chi connectivity index (χ1v) is 13.4. The summed E-state index contributed by atoms with van der Waals surface area (Å²) in [6, 6.07) is 2.71. The highest BCUT2D eigenvalue weighted by molar-refractivity contribution is 7.92. The van der Waals surface area contributed by atoms with Crippen LogP contribution in [0.2, 0.25) is 0 Å². The van der Waals surface area contributed by atoms with Crippen molar-refractivity contribution in [2.45, 2.75) is 52.1 Å². The van der Waals surface area contributed by atoms with Crippen molar-refractivity contribution in [2.75, 3.05) is 44.3 Å².